The van der Waals surface area contributed by atoms with Crippen LogP contribution in [0.5, 0.6) is 5.75 Å². The predicted octanol–water partition coefficient (Wildman–Crippen LogP) is 4.10. The van der Waals surface area contributed by atoms with Gasteiger partial charge in [0, 0.05) is 17.6 Å². The van der Waals surface area contributed by atoms with Crippen molar-refractivity contribution in [3.8, 4) is 5.75 Å². The summed E-state index contributed by atoms with van der Waals surface area (Å²) in [7, 11) is -2.42. The minimum absolute atomic E-state index is 0.0649. The van der Waals surface area contributed by atoms with Gasteiger partial charge in [-0.05, 0) is 56.2 Å². The van der Waals surface area contributed by atoms with Gasteiger partial charge in [0.15, 0.2) is 0 Å². The molecule has 2 aromatic rings. The van der Waals surface area contributed by atoms with Crippen LogP contribution >= 0.6 is 23.2 Å². The van der Waals surface area contributed by atoms with Crippen LogP contribution in [-0.2, 0) is 26.2 Å². The zero-order valence-electron chi connectivity index (χ0n) is 20.4. The summed E-state index contributed by atoms with van der Waals surface area (Å²) < 4.78 is 31.3. The molecule has 35 heavy (non-hydrogen) atoms. The minimum Gasteiger partial charge on any atom is -0.495 e. The van der Waals surface area contributed by atoms with Gasteiger partial charge in [0.25, 0.3) is 0 Å². The van der Waals surface area contributed by atoms with E-state index in [4.69, 9.17) is 27.9 Å². The van der Waals surface area contributed by atoms with Gasteiger partial charge in [-0.1, -0.05) is 42.3 Å². The number of benzene rings is 2. The molecule has 8 nitrogen and oxygen atoms in total. The van der Waals surface area contributed by atoms with Crippen molar-refractivity contribution >= 4 is 50.7 Å². The molecule has 11 heteroatoms. The third kappa shape index (κ3) is 8.02. The smallest absolute Gasteiger partial charge is 0.244 e. The van der Waals surface area contributed by atoms with Gasteiger partial charge < -0.3 is 15.0 Å². The van der Waals surface area contributed by atoms with Gasteiger partial charge in [-0.3, -0.25) is 13.9 Å². The van der Waals surface area contributed by atoms with Gasteiger partial charge in [0.1, 0.15) is 18.3 Å². The lowest BCUT2D eigenvalue weighted by Crippen LogP contribution is -2.52. The molecule has 0 fully saturated rings. The monoisotopic (exact) mass is 543 g/mol. The third-order valence-corrected chi connectivity index (χ3v) is 7.18. The van der Waals surface area contributed by atoms with E-state index in [9.17, 15) is 18.0 Å². The Hall–Kier alpha value is -2.49. The Balaban J connectivity index is 2.41. The summed E-state index contributed by atoms with van der Waals surface area (Å²) in [6, 6.07) is 10.4. The first-order chi connectivity index (χ1) is 16.4. The fourth-order valence-electron chi connectivity index (χ4n) is 3.30. The topological polar surface area (TPSA) is 96.0 Å². The SMILES string of the molecule is CC[C@H](C)NC(=O)[C@@H](C)N(Cc1cccc(Cl)c1)C(=O)CN(c1ccc(OC)c(Cl)c1)S(C)(=O)=O. The number of hydrogen-bond acceptors (Lipinski definition) is 5. The first kappa shape index (κ1) is 28.7. The van der Waals surface area contributed by atoms with Crippen molar-refractivity contribution in [2.24, 2.45) is 0 Å². The molecule has 0 aliphatic rings. The van der Waals surface area contributed by atoms with Crippen LogP contribution in [0.1, 0.15) is 32.8 Å². The minimum atomic E-state index is -3.87. The molecule has 0 spiro atoms. The van der Waals surface area contributed by atoms with Gasteiger partial charge in [0.05, 0.1) is 24.1 Å². The van der Waals surface area contributed by atoms with Gasteiger partial charge in [-0.2, -0.15) is 0 Å². The normalized spacial score (nSPS) is 13.0. The number of ether oxygens (including phenoxy) is 1. The van der Waals surface area contributed by atoms with Gasteiger partial charge in [-0.15, -0.1) is 0 Å². The molecule has 192 valence electrons. The number of amides is 2. The molecule has 0 unspecified atom stereocenters. The summed E-state index contributed by atoms with van der Waals surface area (Å²) in [4.78, 5) is 27.8. The van der Waals surface area contributed by atoms with E-state index in [1.165, 1.54) is 30.2 Å². The van der Waals surface area contributed by atoms with Crippen LogP contribution in [0, 0.1) is 0 Å². The van der Waals surface area contributed by atoms with Crippen LogP contribution in [0.3, 0.4) is 0 Å². The van der Waals surface area contributed by atoms with Crippen LogP contribution in [0.2, 0.25) is 10.0 Å². The number of anilines is 1. The van der Waals surface area contributed by atoms with Gasteiger partial charge in [0.2, 0.25) is 21.8 Å². The van der Waals surface area contributed by atoms with Gasteiger partial charge >= 0.3 is 0 Å². The van der Waals surface area contributed by atoms with E-state index in [2.05, 4.69) is 5.32 Å². The number of nitrogens with one attached hydrogen (secondary N) is 1. The second-order valence-corrected chi connectivity index (χ2v) is 11.0. The Morgan fingerprint density at radius 1 is 1.11 bits per heavy atom. The lowest BCUT2D eigenvalue weighted by atomic mass is 10.1. The third-order valence-electron chi connectivity index (χ3n) is 5.51. The Bertz CT molecular complexity index is 1160. The fraction of sp³-hybridized carbons (Fsp3) is 0.417. The molecule has 1 N–H and O–H groups in total. The van der Waals surface area contributed by atoms with Crippen molar-refractivity contribution in [2.45, 2.75) is 45.8 Å². The summed E-state index contributed by atoms with van der Waals surface area (Å²) in [5.74, 6) is -0.532. The summed E-state index contributed by atoms with van der Waals surface area (Å²) >= 11 is 12.3. The number of rotatable bonds is 11. The summed E-state index contributed by atoms with van der Waals surface area (Å²) in [6.07, 6.45) is 1.72. The van der Waals surface area contributed by atoms with Crippen molar-refractivity contribution in [1.29, 1.82) is 0 Å². The molecule has 0 saturated heterocycles. The van der Waals surface area contributed by atoms with E-state index in [-0.39, 0.29) is 29.2 Å². The number of hydrogen-bond donors (Lipinski definition) is 1. The highest BCUT2D eigenvalue weighted by Crippen LogP contribution is 2.30. The molecule has 0 saturated carbocycles. The van der Waals surface area contributed by atoms with Crippen molar-refractivity contribution in [3.63, 3.8) is 0 Å². The van der Waals surface area contributed by atoms with E-state index < -0.39 is 28.5 Å². The van der Waals surface area contributed by atoms with Crippen molar-refractivity contribution < 1.29 is 22.7 Å². The number of sulfonamides is 1. The Labute approximate surface area is 217 Å². The van der Waals surface area contributed by atoms with Crippen molar-refractivity contribution in [3.05, 3.63) is 58.1 Å². The first-order valence-corrected chi connectivity index (χ1v) is 13.6. The standard InChI is InChI=1S/C24H31Cl2N3O5S/c1-6-16(2)27-24(31)17(3)28(14-18-8-7-9-19(25)12-18)23(30)15-29(35(5,32)33)20-10-11-22(34-4)21(26)13-20/h7-13,16-17H,6,14-15H2,1-5H3,(H,27,31)/t16-,17+/m0/s1. The molecule has 0 aromatic heterocycles. The predicted molar refractivity (Wildman–Crippen MR) is 140 cm³/mol. The molecule has 0 aliphatic heterocycles. The maximum atomic E-state index is 13.5. The average molecular weight is 545 g/mol. The number of methoxy groups -OCH3 is 1. The van der Waals surface area contributed by atoms with Crippen LogP contribution in [0.25, 0.3) is 0 Å². The fourth-order valence-corrected chi connectivity index (χ4v) is 4.61. The maximum absolute atomic E-state index is 13.5. The number of nitrogens with zero attached hydrogens (tertiary/aromatic N) is 2. The average Bonchev–Trinajstić information content (AvgIpc) is 2.79. The Morgan fingerprint density at radius 2 is 1.80 bits per heavy atom. The molecular formula is C24H31Cl2N3O5S. The molecule has 2 rings (SSSR count). The first-order valence-electron chi connectivity index (χ1n) is 11.0. The molecule has 0 heterocycles. The van der Waals surface area contributed by atoms with Crippen LogP contribution in [0.15, 0.2) is 42.5 Å². The lowest BCUT2D eigenvalue weighted by Gasteiger charge is -2.32. The van der Waals surface area contributed by atoms with E-state index in [0.717, 1.165) is 17.0 Å². The number of halogens is 2. The molecule has 2 amide bonds. The zero-order valence-corrected chi connectivity index (χ0v) is 22.7. The van der Waals surface area contributed by atoms with E-state index >= 15 is 0 Å². The lowest BCUT2D eigenvalue weighted by molar-refractivity contribution is -0.139. The second-order valence-electron chi connectivity index (χ2n) is 8.23. The molecular weight excluding hydrogens is 513 g/mol. The van der Waals surface area contributed by atoms with E-state index in [1.807, 2.05) is 13.8 Å². The number of carbonyl (C=O) groups is 2. The number of carbonyl (C=O) groups excluding carboxylic acids is 2. The highest BCUT2D eigenvalue weighted by Gasteiger charge is 2.30. The highest BCUT2D eigenvalue weighted by atomic mass is 35.5. The van der Waals surface area contributed by atoms with Crippen molar-refractivity contribution in [2.75, 3.05) is 24.2 Å². The largest absolute Gasteiger partial charge is 0.495 e. The van der Waals surface area contributed by atoms with Crippen LogP contribution < -0.4 is 14.4 Å². The molecule has 0 radical (unpaired) electrons. The maximum Gasteiger partial charge on any atom is 0.244 e. The van der Waals surface area contributed by atoms with Crippen LogP contribution in [-0.4, -0.2) is 57.1 Å². The van der Waals surface area contributed by atoms with Gasteiger partial charge in [-0.25, -0.2) is 8.42 Å². The zero-order chi connectivity index (χ0) is 26.3. The summed E-state index contributed by atoms with van der Waals surface area (Å²) in [5, 5.41) is 3.56. The Morgan fingerprint density at radius 3 is 2.34 bits per heavy atom. The van der Waals surface area contributed by atoms with Crippen molar-refractivity contribution in [1.82, 2.24) is 10.2 Å². The molecule has 0 bridgehead atoms. The highest BCUT2D eigenvalue weighted by molar-refractivity contribution is 7.92. The van der Waals surface area contributed by atoms with E-state index in [0.29, 0.717) is 16.3 Å². The molecule has 0 aliphatic carbocycles. The van der Waals surface area contributed by atoms with E-state index in [1.54, 1.807) is 31.2 Å². The molecule has 2 atom stereocenters. The quantitative estimate of drug-likeness (QED) is 0.460. The Kier molecular flexibility index (Phi) is 10.2. The summed E-state index contributed by atoms with van der Waals surface area (Å²) in [5.41, 5.74) is 0.901. The summed E-state index contributed by atoms with van der Waals surface area (Å²) in [6.45, 7) is 4.95. The van der Waals surface area contributed by atoms with Crippen LogP contribution in [0.4, 0.5) is 5.69 Å². The molecule has 2 aromatic carbocycles. The second kappa shape index (κ2) is 12.5.